The van der Waals surface area contributed by atoms with Crippen LogP contribution in [0.25, 0.3) is 0 Å². The molecule has 0 spiro atoms. The van der Waals surface area contributed by atoms with E-state index < -0.39 is 0 Å². The first-order chi connectivity index (χ1) is 13.5. The minimum Gasteiger partial charge on any atom is -0.497 e. The number of hydrogen-bond acceptors (Lipinski definition) is 4. The van der Waals surface area contributed by atoms with Crippen LogP contribution in [0.3, 0.4) is 0 Å². The van der Waals surface area contributed by atoms with Crippen LogP contribution >= 0.6 is 0 Å². The molecule has 0 saturated carbocycles. The molecule has 0 unspecified atom stereocenters. The molecule has 1 fully saturated rings. The molecule has 2 aromatic rings. The van der Waals surface area contributed by atoms with E-state index in [9.17, 15) is 9.59 Å². The summed E-state index contributed by atoms with van der Waals surface area (Å²) in [5, 5.41) is 3.01. The Kier molecular flexibility index (Phi) is 6.31. The molecule has 0 aromatic heterocycles. The molecule has 1 aliphatic rings. The summed E-state index contributed by atoms with van der Waals surface area (Å²) in [7, 11) is 1.61. The predicted octanol–water partition coefficient (Wildman–Crippen LogP) is 2.53. The van der Waals surface area contributed by atoms with Gasteiger partial charge in [-0.25, -0.2) is 0 Å². The predicted molar refractivity (Wildman–Crippen MR) is 110 cm³/mol. The molecule has 6 nitrogen and oxygen atoms in total. The van der Waals surface area contributed by atoms with Crippen molar-refractivity contribution >= 4 is 17.5 Å². The number of nitrogens with one attached hydrogen (secondary N) is 1. The van der Waals surface area contributed by atoms with E-state index in [2.05, 4.69) is 5.32 Å². The van der Waals surface area contributed by atoms with Crippen molar-refractivity contribution in [3.63, 3.8) is 0 Å². The third-order valence-corrected chi connectivity index (χ3v) is 4.99. The van der Waals surface area contributed by atoms with Gasteiger partial charge in [-0.1, -0.05) is 35.9 Å². The molecule has 6 heteroatoms. The van der Waals surface area contributed by atoms with Crippen LogP contribution in [0.15, 0.2) is 48.5 Å². The van der Waals surface area contributed by atoms with Gasteiger partial charge in [0.2, 0.25) is 11.8 Å². The summed E-state index contributed by atoms with van der Waals surface area (Å²) in [6.45, 7) is 5.64. The molecule has 1 N–H and O–H groups in total. The van der Waals surface area contributed by atoms with Gasteiger partial charge in [0, 0.05) is 24.8 Å². The van der Waals surface area contributed by atoms with E-state index in [4.69, 9.17) is 4.74 Å². The Bertz CT molecular complexity index is 835. The second-order valence-corrected chi connectivity index (χ2v) is 7.16. The zero-order valence-corrected chi connectivity index (χ0v) is 16.6. The number of carbonyl (C=O) groups excluding carboxylic acids is 2. The Hall–Kier alpha value is -2.86. The van der Waals surface area contributed by atoms with Gasteiger partial charge in [0.15, 0.2) is 0 Å². The van der Waals surface area contributed by atoms with E-state index in [1.165, 1.54) is 5.56 Å². The van der Waals surface area contributed by atoms with Gasteiger partial charge in [0.05, 0.1) is 26.2 Å². The van der Waals surface area contributed by atoms with Crippen LogP contribution in [-0.4, -0.2) is 50.0 Å². The number of rotatable bonds is 6. The Morgan fingerprint density at radius 3 is 2.61 bits per heavy atom. The minimum atomic E-state index is -0.0734. The largest absolute Gasteiger partial charge is 0.497 e. The van der Waals surface area contributed by atoms with Crippen LogP contribution < -0.4 is 15.0 Å². The van der Waals surface area contributed by atoms with Crippen LogP contribution in [0.1, 0.15) is 24.1 Å². The van der Waals surface area contributed by atoms with Crippen molar-refractivity contribution in [1.82, 2.24) is 10.2 Å². The van der Waals surface area contributed by atoms with Gasteiger partial charge in [-0.2, -0.15) is 0 Å². The highest BCUT2D eigenvalue weighted by molar-refractivity contribution is 5.96. The number of amides is 2. The number of carbonyl (C=O) groups is 2. The summed E-state index contributed by atoms with van der Waals surface area (Å²) < 4.78 is 5.23. The second-order valence-electron chi connectivity index (χ2n) is 7.16. The summed E-state index contributed by atoms with van der Waals surface area (Å²) in [6, 6.07) is 15.5. The minimum absolute atomic E-state index is 0.0149. The van der Waals surface area contributed by atoms with Crippen LogP contribution in [0.2, 0.25) is 0 Å². The number of benzene rings is 2. The molecule has 2 aromatic carbocycles. The number of methoxy groups -OCH3 is 1. The fraction of sp³-hybridized carbons (Fsp3) is 0.364. The molecular weight excluding hydrogens is 354 g/mol. The number of hydrogen-bond donors (Lipinski definition) is 1. The van der Waals surface area contributed by atoms with Crippen LogP contribution in [0.5, 0.6) is 5.75 Å². The lowest BCUT2D eigenvalue weighted by Crippen LogP contribution is -2.52. The molecule has 0 bridgehead atoms. The van der Waals surface area contributed by atoms with Gasteiger partial charge >= 0.3 is 0 Å². The van der Waals surface area contributed by atoms with E-state index in [-0.39, 0.29) is 30.9 Å². The highest BCUT2D eigenvalue weighted by atomic mass is 16.5. The lowest BCUT2D eigenvalue weighted by Gasteiger charge is -2.34. The summed E-state index contributed by atoms with van der Waals surface area (Å²) in [5.74, 6) is 0.631. The Morgan fingerprint density at radius 1 is 1.18 bits per heavy atom. The van der Waals surface area contributed by atoms with E-state index in [1.807, 2.05) is 67.3 Å². The summed E-state index contributed by atoms with van der Waals surface area (Å²) in [4.78, 5) is 28.6. The monoisotopic (exact) mass is 381 g/mol. The summed E-state index contributed by atoms with van der Waals surface area (Å²) >= 11 is 0. The molecule has 1 aliphatic heterocycles. The Balaban J connectivity index is 1.53. The van der Waals surface area contributed by atoms with E-state index in [0.717, 1.165) is 17.0 Å². The topological polar surface area (TPSA) is 61.9 Å². The van der Waals surface area contributed by atoms with Gasteiger partial charge in [0.25, 0.3) is 0 Å². The summed E-state index contributed by atoms with van der Waals surface area (Å²) in [6.07, 6.45) is 0. The lowest BCUT2D eigenvalue weighted by atomic mass is 10.1. The first kappa shape index (κ1) is 19.9. The van der Waals surface area contributed by atoms with Crippen molar-refractivity contribution in [3.05, 3.63) is 59.7 Å². The van der Waals surface area contributed by atoms with Crippen LogP contribution in [-0.2, 0) is 9.59 Å². The maximum absolute atomic E-state index is 12.6. The first-order valence-electron chi connectivity index (χ1n) is 9.49. The first-order valence-corrected chi connectivity index (χ1v) is 9.49. The number of ether oxygens (including phenoxy) is 1. The van der Waals surface area contributed by atoms with Crippen molar-refractivity contribution in [2.24, 2.45) is 0 Å². The van der Waals surface area contributed by atoms with Crippen molar-refractivity contribution in [2.75, 3.05) is 38.2 Å². The molecule has 1 saturated heterocycles. The number of aryl methyl sites for hydroxylation is 1. The average Bonchev–Trinajstić information content (AvgIpc) is 2.68. The molecule has 1 atom stereocenters. The third kappa shape index (κ3) is 4.89. The third-order valence-electron chi connectivity index (χ3n) is 4.99. The van der Waals surface area contributed by atoms with Gasteiger partial charge < -0.3 is 15.0 Å². The number of nitrogens with zero attached hydrogens (tertiary/aromatic N) is 2. The quantitative estimate of drug-likeness (QED) is 0.835. The number of piperazine rings is 1. The Labute approximate surface area is 166 Å². The summed E-state index contributed by atoms with van der Waals surface area (Å²) in [5.41, 5.74) is 3.08. The SMILES string of the molecule is COc1cccc(N2CCN(CC(=O)N[C@H](C)c3ccc(C)cc3)CC2=O)c1. The van der Waals surface area contributed by atoms with Crippen molar-refractivity contribution in [1.29, 1.82) is 0 Å². The van der Waals surface area contributed by atoms with Gasteiger partial charge in [-0.15, -0.1) is 0 Å². The van der Waals surface area contributed by atoms with Gasteiger partial charge in [-0.05, 0) is 31.5 Å². The molecule has 148 valence electrons. The fourth-order valence-electron chi connectivity index (χ4n) is 3.34. The molecule has 2 amide bonds. The number of anilines is 1. The van der Waals surface area contributed by atoms with Crippen LogP contribution in [0.4, 0.5) is 5.69 Å². The van der Waals surface area contributed by atoms with Crippen molar-refractivity contribution in [2.45, 2.75) is 19.9 Å². The molecule has 1 heterocycles. The lowest BCUT2D eigenvalue weighted by molar-refractivity contribution is -0.125. The highest BCUT2D eigenvalue weighted by Crippen LogP contribution is 2.22. The highest BCUT2D eigenvalue weighted by Gasteiger charge is 2.26. The standard InChI is InChI=1S/C22H27N3O3/c1-16-7-9-18(10-8-16)17(2)23-21(26)14-24-11-12-25(22(27)15-24)19-5-4-6-20(13-19)28-3/h4-10,13,17H,11-12,14-15H2,1-3H3,(H,23,26)/t17-/m1/s1. The van der Waals surface area contributed by atoms with Gasteiger partial charge in [-0.3, -0.25) is 14.5 Å². The average molecular weight is 381 g/mol. The zero-order chi connectivity index (χ0) is 20.1. The molecule has 3 rings (SSSR count). The zero-order valence-electron chi connectivity index (χ0n) is 16.6. The van der Waals surface area contributed by atoms with Crippen molar-refractivity contribution in [3.8, 4) is 5.75 Å². The van der Waals surface area contributed by atoms with Crippen LogP contribution in [0, 0.1) is 6.92 Å². The smallest absolute Gasteiger partial charge is 0.241 e. The van der Waals surface area contributed by atoms with E-state index in [0.29, 0.717) is 13.1 Å². The molecular formula is C22H27N3O3. The normalized spacial score (nSPS) is 16.0. The van der Waals surface area contributed by atoms with Crippen molar-refractivity contribution < 1.29 is 14.3 Å². The fourth-order valence-corrected chi connectivity index (χ4v) is 3.34. The maximum atomic E-state index is 12.6. The molecule has 0 aliphatic carbocycles. The van der Waals surface area contributed by atoms with E-state index >= 15 is 0 Å². The van der Waals surface area contributed by atoms with E-state index in [1.54, 1.807) is 12.0 Å². The maximum Gasteiger partial charge on any atom is 0.241 e. The second kappa shape index (κ2) is 8.89. The van der Waals surface area contributed by atoms with Gasteiger partial charge in [0.1, 0.15) is 5.75 Å². The molecule has 28 heavy (non-hydrogen) atoms. The Morgan fingerprint density at radius 2 is 1.93 bits per heavy atom. The molecule has 0 radical (unpaired) electrons.